The quantitative estimate of drug-likeness (QED) is 0.636. The Balaban J connectivity index is 1.61. The molecule has 0 atom stereocenters. The minimum Gasteiger partial charge on any atom is -0.326 e. The van der Waals surface area contributed by atoms with Gasteiger partial charge >= 0.3 is 0 Å². The highest BCUT2D eigenvalue weighted by molar-refractivity contribution is 9.10. The lowest BCUT2D eigenvalue weighted by Gasteiger charge is -2.30. The number of carbonyl (C=O) groups is 1. The maximum Gasteiger partial charge on any atom is 0.243 e. The van der Waals surface area contributed by atoms with Gasteiger partial charge in [-0.25, -0.2) is 8.42 Å². The van der Waals surface area contributed by atoms with E-state index >= 15 is 0 Å². The first kappa shape index (κ1) is 21.4. The molecule has 0 bridgehead atoms. The summed E-state index contributed by atoms with van der Waals surface area (Å²) in [5, 5.41) is 2.95. The van der Waals surface area contributed by atoms with Crippen LogP contribution in [0.4, 0.5) is 5.69 Å². The van der Waals surface area contributed by atoms with Crippen molar-refractivity contribution >= 4 is 49.3 Å². The molecule has 0 radical (unpaired) electrons. The summed E-state index contributed by atoms with van der Waals surface area (Å²) in [5.74, 6) is -0.239. The fourth-order valence-electron chi connectivity index (χ4n) is 3.22. The Labute approximate surface area is 179 Å². The van der Waals surface area contributed by atoms with Gasteiger partial charge in [-0.2, -0.15) is 4.31 Å². The predicted octanol–water partition coefficient (Wildman–Crippen LogP) is 4.52. The molecule has 5 nitrogen and oxygen atoms in total. The van der Waals surface area contributed by atoms with Gasteiger partial charge < -0.3 is 5.32 Å². The highest BCUT2D eigenvalue weighted by Gasteiger charge is 2.32. The Kier molecular flexibility index (Phi) is 6.85. The summed E-state index contributed by atoms with van der Waals surface area (Å²) < 4.78 is 28.2. The van der Waals surface area contributed by atoms with Crippen molar-refractivity contribution in [3.05, 3.63) is 52.5 Å². The number of thioether (sulfide) groups is 1. The third kappa shape index (κ3) is 4.79. The first-order chi connectivity index (χ1) is 13.3. The van der Waals surface area contributed by atoms with Crippen LogP contribution in [-0.4, -0.2) is 38.0 Å². The van der Waals surface area contributed by atoms with Gasteiger partial charge in [0.05, 0.1) is 4.90 Å². The second kappa shape index (κ2) is 8.98. The monoisotopic (exact) mass is 482 g/mol. The van der Waals surface area contributed by atoms with E-state index in [4.69, 9.17) is 0 Å². The second-order valence-corrected chi connectivity index (χ2v) is 10.5. The molecular formula is C20H23BrN2O3S2. The molecule has 8 heteroatoms. The molecule has 150 valence electrons. The van der Waals surface area contributed by atoms with Crippen LogP contribution in [0.25, 0.3) is 0 Å². The zero-order valence-corrected chi connectivity index (χ0v) is 19.0. The number of hydrogen-bond donors (Lipinski definition) is 1. The Bertz CT molecular complexity index is 954. The molecule has 0 unspecified atom stereocenters. The number of carbonyl (C=O) groups excluding carboxylic acids is 1. The van der Waals surface area contributed by atoms with Crippen LogP contribution in [0.3, 0.4) is 0 Å². The number of halogens is 1. The summed E-state index contributed by atoms with van der Waals surface area (Å²) in [6, 6.07) is 12.6. The Morgan fingerprint density at radius 2 is 1.79 bits per heavy atom. The minimum atomic E-state index is -3.52. The van der Waals surface area contributed by atoms with Crippen LogP contribution < -0.4 is 5.32 Å². The second-order valence-electron chi connectivity index (χ2n) is 6.81. The number of aryl methyl sites for hydroxylation is 1. The SMILES string of the molecule is CSc1ccc(S(=O)(=O)N2CCC(C(=O)Nc3ccc(Br)c(C)c3)CC2)cc1. The molecule has 0 saturated carbocycles. The van der Waals surface area contributed by atoms with Crippen LogP contribution in [0.1, 0.15) is 18.4 Å². The molecule has 1 aliphatic rings. The Hall–Kier alpha value is -1.35. The summed E-state index contributed by atoms with van der Waals surface area (Å²) in [7, 11) is -3.52. The van der Waals surface area contributed by atoms with E-state index in [0.29, 0.717) is 30.8 Å². The fraction of sp³-hybridized carbons (Fsp3) is 0.350. The molecule has 2 aromatic carbocycles. The van der Waals surface area contributed by atoms with Crippen LogP contribution >= 0.6 is 27.7 Å². The smallest absolute Gasteiger partial charge is 0.243 e. The van der Waals surface area contributed by atoms with Gasteiger partial charge in [0.2, 0.25) is 15.9 Å². The number of hydrogen-bond acceptors (Lipinski definition) is 4. The van der Waals surface area contributed by atoms with Gasteiger partial charge in [-0.1, -0.05) is 15.9 Å². The number of benzene rings is 2. The average molecular weight is 483 g/mol. The van der Waals surface area contributed by atoms with Crippen molar-refractivity contribution in [1.82, 2.24) is 4.31 Å². The molecular weight excluding hydrogens is 460 g/mol. The molecule has 1 saturated heterocycles. The predicted molar refractivity (Wildman–Crippen MR) is 117 cm³/mol. The lowest BCUT2D eigenvalue weighted by molar-refractivity contribution is -0.120. The molecule has 1 aliphatic heterocycles. The van der Waals surface area contributed by atoms with Crippen LogP contribution in [0.5, 0.6) is 0 Å². The van der Waals surface area contributed by atoms with E-state index in [1.807, 2.05) is 43.5 Å². The zero-order chi connectivity index (χ0) is 20.3. The van der Waals surface area contributed by atoms with Crippen molar-refractivity contribution in [2.24, 2.45) is 5.92 Å². The van der Waals surface area contributed by atoms with Crippen LogP contribution in [0, 0.1) is 12.8 Å². The van der Waals surface area contributed by atoms with Gasteiger partial charge in [0.15, 0.2) is 0 Å². The standard InChI is InChI=1S/C20H23BrN2O3S2/c1-14-13-16(3-8-19(14)21)22-20(24)15-9-11-23(12-10-15)28(25,26)18-6-4-17(27-2)5-7-18/h3-8,13,15H,9-12H2,1-2H3,(H,22,24). The Morgan fingerprint density at radius 3 is 2.36 bits per heavy atom. The maximum absolute atomic E-state index is 12.8. The fourth-order valence-corrected chi connectivity index (χ4v) is 5.35. The van der Waals surface area contributed by atoms with Crippen molar-refractivity contribution in [1.29, 1.82) is 0 Å². The van der Waals surface area contributed by atoms with E-state index in [9.17, 15) is 13.2 Å². The molecule has 1 fully saturated rings. The van der Waals surface area contributed by atoms with Gasteiger partial charge in [0, 0.05) is 34.1 Å². The maximum atomic E-state index is 12.8. The van der Waals surface area contributed by atoms with Gasteiger partial charge in [-0.05, 0) is 74.0 Å². The third-order valence-electron chi connectivity index (χ3n) is 4.95. The molecule has 28 heavy (non-hydrogen) atoms. The van der Waals surface area contributed by atoms with Gasteiger partial charge in [-0.3, -0.25) is 4.79 Å². The van der Waals surface area contributed by atoms with Crippen LogP contribution in [-0.2, 0) is 14.8 Å². The number of piperidine rings is 1. The number of rotatable bonds is 5. The normalized spacial score (nSPS) is 16.1. The molecule has 3 rings (SSSR count). The van der Waals surface area contributed by atoms with Gasteiger partial charge in [0.25, 0.3) is 0 Å². The van der Waals surface area contributed by atoms with Crippen molar-refractivity contribution < 1.29 is 13.2 Å². The van der Waals surface area contributed by atoms with E-state index in [0.717, 1.165) is 20.6 Å². The summed E-state index contributed by atoms with van der Waals surface area (Å²) in [6.07, 6.45) is 2.99. The lowest BCUT2D eigenvalue weighted by atomic mass is 9.97. The third-order valence-corrected chi connectivity index (χ3v) is 8.49. The van der Waals surface area contributed by atoms with Gasteiger partial charge in [-0.15, -0.1) is 11.8 Å². The van der Waals surface area contributed by atoms with Crippen molar-refractivity contribution in [3.63, 3.8) is 0 Å². The first-order valence-corrected chi connectivity index (χ1v) is 12.5. The summed E-state index contributed by atoms with van der Waals surface area (Å²) in [5.41, 5.74) is 1.81. The van der Waals surface area contributed by atoms with E-state index in [-0.39, 0.29) is 11.8 Å². The number of nitrogens with one attached hydrogen (secondary N) is 1. The zero-order valence-electron chi connectivity index (χ0n) is 15.8. The van der Waals surface area contributed by atoms with Crippen molar-refractivity contribution in [2.75, 3.05) is 24.7 Å². The van der Waals surface area contributed by atoms with Crippen molar-refractivity contribution in [2.45, 2.75) is 29.6 Å². The van der Waals surface area contributed by atoms with E-state index in [1.165, 1.54) is 4.31 Å². The van der Waals surface area contributed by atoms with Crippen LogP contribution in [0.2, 0.25) is 0 Å². The molecule has 1 heterocycles. The number of sulfonamides is 1. The molecule has 2 aromatic rings. The number of nitrogens with zero attached hydrogens (tertiary/aromatic N) is 1. The molecule has 1 N–H and O–H groups in total. The van der Waals surface area contributed by atoms with Crippen LogP contribution in [0.15, 0.2) is 56.7 Å². The Morgan fingerprint density at radius 1 is 1.14 bits per heavy atom. The molecule has 0 aromatic heterocycles. The largest absolute Gasteiger partial charge is 0.326 e. The average Bonchev–Trinajstić information content (AvgIpc) is 2.71. The number of amides is 1. The number of anilines is 1. The summed E-state index contributed by atoms with van der Waals surface area (Å²) >= 11 is 5.02. The molecule has 1 amide bonds. The lowest BCUT2D eigenvalue weighted by Crippen LogP contribution is -2.41. The topological polar surface area (TPSA) is 66.5 Å². The minimum absolute atomic E-state index is 0.0527. The summed E-state index contributed by atoms with van der Waals surface area (Å²) in [4.78, 5) is 13.9. The molecule has 0 aliphatic carbocycles. The summed E-state index contributed by atoms with van der Waals surface area (Å²) in [6.45, 7) is 2.67. The van der Waals surface area contributed by atoms with Gasteiger partial charge in [0.1, 0.15) is 0 Å². The first-order valence-electron chi connectivity index (χ1n) is 9.02. The van der Waals surface area contributed by atoms with Crippen molar-refractivity contribution in [3.8, 4) is 0 Å². The highest BCUT2D eigenvalue weighted by atomic mass is 79.9. The van der Waals surface area contributed by atoms with E-state index in [2.05, 4.69) is 21.2 Å². The highest BCUT2D eigenvalue weighted by Crippen LogP contribution is 2.27. The van der Waals surface area contributed by atoms with E-state index in [1.54, 1.807) is 23.9 Å². The van der Waals surface area contributed by atoms with E-state index < -0.39 is 10.0 Å². The molecule has 0 spiro atoms.